The van der Waals surface area contributed by atoms with Gasteiger partial charge >= 0.3 is 11.7 Å². The molecule has 7 nitrogen and oxygen atoms in total. The summed E-state index contributed by atoms with van der Waals surface area (Å²) in [7, 11) is 1.67. The summed E-state index contributed by atoms with van der Waals surface area (Å²) in [6.45, 7) is 0.545. The minimum absolute atomic E-state index is 0.221. The lowest BCUT2D eigenvalue weighted by molar-refractivity contribution is 0.209. The van der Waals surface area contributed by atoms with Crippen LogP contribution < -0.4 is 17.0 Å². The van der Waals surface area contributed by atoms with Crippen LogP contribution in [0.5, 0.6) is 0 Å². The SMILES string of the molecule is CN(CCc1ccc2[nH]c(=O)[nH]c2c1)C(=O)NN. The van der Waals surface area contributed by atoms with Crippen LogP contribution in [0.2, 0.25) is 0 Å². The van der Waals surface area contributed by atoms with Crippen molar-refractivity contribution in [3.8, 4) is 0 Å². The molecular formula is C11H15N5O2. The zero-order valence-corrected chi connectivity index (χ0v) is 9.99. The van der Waals surface area contributed by atoms with E-state index in [1.807, 2.05) is 18.2 Å². The van der Waals surface area contributed by atoms with Gasteiger partial charge in [-0.3, -0.25) is 5.43 Å². The van der Waals surface area contributed by atoms with Crippen LogP contribution in [-0.2, 0) is 6.42 Å². The van der Waals surface area contributed by atoms with Crippen LogP contribution in [0.25, 0.3) is 11.0 Å². The highest BCUT2D eigenvalue weighted by Gasteiger charge is 2.06. The zero-order chi connectivity index (χ0) is 13.1. The molecule has 5 N–H and O–H groups in total. The first kappa shape index (κ1) is 12.2. The van der Waals surface area contributed by atoms with Crippen LogP contribution in [0.1, 0.15) is 5.56 Å². The Morgan fingerprint density at radius 3 is 2.83 bits per heavy atom. The fourth-order valence-electron chi connectivity index (χ4n) is 1.74. The molecule has 0 saturated carbocycles. The van der Waals surface area contributed by atoms with Crippen molar-refractivity contribution in [2.75, 3.05) is 13.6 Å². The summed E-state index contributed by atoms with van der Waals surface area (Å²) in [5, 5.41) is 0. The molecule has 2 amide bonds. The molecule has 1 heterocycles. The van der Waals surface area contributed by atoms with Crippen molar-refractivity contribution < 1.29 is 4.79 Å². The maximum Gasteiger partial charge on any atom is 0.331 e. The number of hydrogen-bond acceptors (Lipinski definition) is 3. The number of nitrogens with two attached hydrogens (primary N) is 1. The number of benzene rings is 1. The number of fused-ring (bicyclic) bond motifs is 1. The molecule has 0 aliphatic carbocycles. The molecule has 2 aromatic rings. The first-order chi connectivity index (χ1) is 8.60. The third-order valence-corrected chi connectivity index (χ3v) is 2.79. The van der Waals surface area contributed by atoms with E-state index < -0.39 is 0 Å². The smallest absolute Gasteiger partial charge is 0.326 e. The summed E-state index contributed by atoms with van der Waals surface area (Å²) in [6, 6.07) is 5.32. The second-order valence-electron chi connectivity index (χ2n) is 4.08. The second-order valence-corrected chi connectivity index (χ2v) is 4.08. The van der Waals surface area contributed by atoms with Gasteiger partial charge in [-0.1, -0.05) is 6.07 Å². The standard InChI is InChI=1S/C11H15N5O2/c1-16(11(18)15-12)5-4-7-2-3-8-9(6-7)14-10(17)13-8/h2-3,6H,4-5,12H2,1H3,(H,15,18)(H2,13,14,17). The largest absolute Gasteiger partial charge is 0.331 e. The molecule has 0 spiro atoms. The van der Waals surface area contributed by atoms with Crippen LogP contribution in [0.15, 0.2) is 23.0 Å². The Bertz CT molecular complexity index is 615. The van der Waals surface area contributed by atoms with Crippen molar-refractivity contribution in [3.05, 3.63) is 34.2 Å². The fraction of sp³-hybridized carbons (Fsp3) is 0.273. The molecular weight excluding hydrogens is 234 g/mol. The summed E-state index contributed by atoms with van der Waals surface area (Å²) in [5.74, 6) is 5.03. The molecule has 1 aromatic heterocycles. The topological polar surface area (TPSA) is 107 Å². The first-order valence-electron chi connectivity index (χ1n) is 5.53. The predicted molar refractivity (Wildman–Crippen MR) is 68.0 cm³/mol. The molecule has 7 heteroatoms. The molecule has 2 rings (SSSR count). The van der Waals surface area contributed by atoms with Gasteiger partial charge in [0.15, 0.2) is 0 Å². The molecule has 0 aliphatic heterocycles. The minimum atomic E-state index is -0.328. The fourth-order valence-corrected chi connectivity index (χ4v) is 1.74. The van der Waals surface area contributed by atoms with Gasteiger partial charge in [-0.25, -0.2) is 15.4 Å². The van der Waals surface area contributed by atoms with Crippen molar-refractivity contribution in [1.82, 2.24) is 20.3 Å². The Labute approximate surface area is 103 Å². The number of nitrogens with zero attached hydrogens (tertiary/aromatic N) is 1. The van der Waals surface area contributed by atoms with Gasteiger partial charge in [-0.15, -0.1) is 0 Å². The molecule has 0 bridgehead atoms. The van der Waals surface area contributed by atoms with Crippen molar-refractivity contribution in [2.24, 2.45) is 5.84 Å². The van der Waals surface area contributed by atoms with Gasteiger partial charge in [0.1, 0.15) is 0 Å². The summed E-state index contributed by atoms with van der Waals surface area (Å²) in [5.41, 5.74) is 4.43. The number of carbonyl (C=O) groups excluding carboxylic acids is 1. The number of hydrogen-bond donors (Lipinski definition) is 4. The van der Waals surface area contributed by atoms with Crippen LogP contribution in [0.4, 0.5) is 4.79 Å². The van der Waals surface area contributed by atoms with E-state index in [1.54, 1.807) is 7.05 Å². The van der Waals surface area contributed by atoms with Crippen molar-refractivity contribution in [1.29, 1.82) is 0 Å². The second kappa shape index (κ2) is 4.92. The molecule has 18 heavy (non-hydrogen) atoms. The lowest BCUT2D eigenvalue weighted by Crippen LogP contribution is -2.41. The Kier molecular flexibility index (Phi) is 3.33. The number of hydrazine groups is 1. The van der Waals surface area contributed by atoms with E-state index in [0.29, 0.717) is 13.0 Å². The number of urea groups is 1. The Morgan fingerprint density at radius 2 is 2.11 bits per heavy atom. The van der Waals surface area contributed by atoms with Crippen LogP contribution in [0.3, 0.4) is 0 Å². The van der Waals surface area contributed by atoms with E-state index >= 15 is 0 Å². The zero-order valence-electron chi connectivity index (χ0n) is 9.99. The summed E-state index contributed by atoms with van der Waals surface area (Å²) in [6.07, 6.45) is 0.688. The van der Waals surface area contributed by atoms with Crippen LogP contribution in [0, 0.1) is 0 Å². The van der Waals surface area contributed by atoms with Crippen LogP contribution in [-0.4, -0.2) is 34.5 Å². The highest BCUT2D eigenvalue weighted by atomic mass is 16.2. The van der Waals surface area contributed by atoms with Gasteiger partial charge in [0, 0.05) is 13.6 Å². The molecule has 96 valence electrons. The number of carbonyl (C=O) groups is 1. The first-order valence-corrected chi connectivity index (χ1v) is 5.53. The summed E-state index contributed by atoms with van der Waals surface area (Å²) in [4.78, 5) is 29.2. The van der Waals surface area contributed by atoms with Crippen molar-refractivity contribution >= 4 is 17.1 Å². The van der Waals surface area contributed by atoms with E-state index in [0.717, 1.165) is 16.6 Å². The minimum Gasteiger partial charge on any atom is -0.326 e. The monoisotopic (exact) mass is 249 g/mol. The number of aromatic nitrogens is 2. The highest BCUT2D eigenvalue weighted by molar-refractivity contribution is 5.75. The summed E-state index contributed by atoms with van der Waals surface area (Å²) >= 11 is 0. The number of nitrogens with one attached hydrogen (secondary N) is 3. The molecule has 0 saturated heterocycles. The Balaban J connectivity index is 2.08. The Morgan fingerprint density at radius 1 is 1.39 bits per heavy atom. The lowest BCUT2D eigenvalue weighted by Gasteiger charge is -2.15. The maximum absolute atomic E-state index is 11.2. The molecule has 1 aromatic carbocycles. The predicted octanol–water partition coefficient (Wildman–Crippen LogP) is -0.0862. The van der Waals surface area contributed by atoms with E-state index in [2.05, 4.69) is 15.4 Å². The molecule has 0 fully saturated rings. The van der Waals surface area contributed by atoms with Crippen LogP contribution >= 0.6 is 0 Å². The Hall–Kier alpha value is -2.28. The number of rotatable bonds is 3. The van der Waals surface area contributed by atoms with Gasteiger partial charge in [-0.05, 0) is 24.1 Å². The van der Waals surface area contributed by atoms with E-state index in [-0.39, 0.29) is 11.7 Å². The quantitative estimate of drug-likeness (QED) is 0.347. The average molecular weight is 249 g/mol. The van der Waals surface area contributed by atoms with Gasteiger partial charge in [0.2, 0.25) is 0 Å². The molecule has 0 unspecified atom stereocenters. The van der Waals surface area contributed by atoms with Gasteiger partial charge in [0.25, 0.3) is 0 Å². The van der Waals surface area contributed by atoms with Gasteiger partial charge in [0.05, 0.1) is 11.0 Å². The number of H-pyrrole nitrogens is 2. The highest BCUT2D eigenvalue weighted by Crippen LogP contribution is 2.10. The lowest BCUT2D eigenvalue weighted by atomic mass is 10.1. The van der Waals surface area contributed by atoms with E-state index in [4.69, 9.17) is 5.84 Å². The van der Waals surface area contributed by atoms with Gasteiger partial charge < -0.3 is 14.9 Å². The number of aromatic amines is 2. The number of likely N-dealkylation sites (N-methyl/N-ethyl adjacent to an activating group) is 1. The number of imidazole rings is 1. The van der Waals surface area contributed by atoms with Crippen molar-refractivity contribution in [2.45, 2.75) is 6.42 Å². The van der Waals surface area contributed by atoms with Gasteiger partial charge in [-0.2, -0.15) is 0 Å². The third-order valence-electron chi connectivity index (χ3n) is 2.79. The summed E-state index contributed by atoms with van der Waals surface area (Å²) < 4.78 is 0. The number of amides is 2. The molecule has 0 atom stereocenters. The molecule has 0 aliphatic rings. The average Bonchev–Trinajstić information content (AvgIpc) is 2.74. The maximum atomic E-state index is 11.2. The van der Waals surface area contributed by atoms with E-state index in [9.17, 15) is 9.59 Å². The molecule has 0 radical (unpaired) electrons. The van der Waals surface area contributed by atoms with E-state index in [1.165, 1.54) is 4.90 Å². The normalized spacial score (nSPS) is 10.6. The third kappa shape index (κ3) is 2.51. The van der Waals surface area contributed by atoms with Crippen molar-refractivity contribution in [3.63, 3.8) is 0 Å².